The Balaban J connectivity index is 1.91. The second kappa shape index (κ2) is 6.30. The largest absolute Gasteiger partial charge is 0.313 e. The fourth-order valence-corrected chi connectivity index (χ4v) is 2.64. The van der Waals surface area contributed by atoms with Crippen LogP contribution in [0.4, 0.5) is 0 Å². The fourth-order valence-electron chi connectivity index (χ4n) is 2.64. The van der Waals surface area contributed by atoms with Gasteiger partial charge in [-0.15, -0.1) is 0 Å². The predicted molar refractivity (Wildman–Crippen MR) is 75.5 cm³/mol. The van der Waals surface area contributed by atoms with Gasteiger partial charge in [-0.3, -0.25) is 9.88 Å². The van der Waals surface area contributed by atoms with Gasteiger partial charge in [0.25, 0.3) is 0 Å². The van der Waals surface area contributed by atoms with Crippen LogP contribution in [0.2, 0.25) is 0 Å². The summed E-state index contributed by atoms with van der Waals surface area (Å²) in [6.45, 7) is 9.90. The van der Waals surface area contributed by atoms with E-state index in [1.165, 1.54) is 30.5 Å². The molecule has 18 heavy (non-hydrogen) atoms. The summed E-state index contributed by atoms with van der Waals surface area (Å²) in [7, 11) is 0. The zero-order valence-corrected chi connectivity index (χ0v) is 11.8. The van der Waals surface area contributed by atoms with Crippen LogP contribution in [-0.2, 0) is 6.54 Å². The summed E-state index contributed by atoms with van der Waals surface area (Å²) in [6, 6.07) is 3.51. The second-order valence-electron chi connectivity index (χ2n) is 5.70. The summed E-state index contributed by atoms with van der Waals surface area (Å²) < 4.78 is 0. The Labute approximate surface area is 111 Å². The third-order valence-electron chi connectivity index (χ3n) is 3.58. The van der Waals surface area contributed by atoms with Crippen LogP contribution in [0.15, 0.2) is 18.5 Å². The second-order valence-corrected chi connectivity index (χ2v) is 5.70. The van der Waals surface area contributed by atoms with E-state index in [2.05, 4.69) is 42.0 Å². The van der Waals surface area contributed by atoms with Crippen molar-refractivity contribution in [3.05, 3.63) is 29.6 Å². The number of nitrogens with zero attached hydrogens (tertiary/aromatic N) is 2. The van der Waals surface area contributed by atoms with Crippen molar-refractivity contribution in [3.63, 3.8) is 0 Å². The van der Waals surface area contributed by atoms with Gasteiger partial charge >= 0.3 is 0 Å². The van der Waals surface area contributed by atoms with E-state index in [4.69, 9.17) is 0 Å². The van der Waals surface area contributed by atoms with Gasteiger partial charge in [-0.1, -0.05) is 19.9 Å². The lowest BCUT2D eigenvalue weighted by Gasteiger charge is -2.25. The summed E-state index contributed by atoms with van der Waals surface area (Å²) in [5, 5.41) is 3.56. The minimum atomic E-state index is 0.577. The van der Waals surface area contributed by atoms with Crippen LogP contribution in [-0.4, -0.2) is 35.1 Å². The predicted octanol–water partition coefficient (Wildman–Crippen LogP) is 2.35. The van der Waals surface area contributed by atoms with Crippen molar-refractivity contribution in [2.75, 3.05) is 13.1 Å². The van der Waals surface area contributed by atoms with Gasteiger partial charge in [0.15, 0.2) is 0 Å². The van der Waals surface area contributed by atoms with E-state index in [0.717, 1.165) is 13.1 Å². The van der Waals surface area contributed by atoms with Gasteiger partial charge in [0, 0.05) is 37.6 Å². The molecule has 0 aromatic carbocycles. The van der Waals surface area contributed by atoms with E-state index in [0.29, 0.717) is 12.1 Å². The normalized spacial score (nSPS) is 20.8. The topological polar surface area (TPSA) is 28.2 Å². The van der Waals surface area contributed by atoms with Crippen LogP contribution in [0.25, 0.3) is 0 Å². The lowest BCUT2D eigenvalue weighted by molar-refractivity contribution is 0.235. The van der Waals surface area contributed by atoms with E-state index >= 15 is 0 Å². The molecule has 0 amide bonds. The van der Waals surface area contributed by atoms with Crippen LogP contribution in [0, 0.1) is 6.92 Å². The molecule has 3 heteroatoms. The van der Waals surface area contributed by atoms with Crippen LogP contribution in [0.5, 0.6) is 0 Å². The van der Waals surface area contributed by atoms with Crippen molar-refractivity contribution in [2.24, 2.45) is 0 Å². The average Bonchev–Trinajstić information content (AvgIpc) is 2.74. The molecule has 1 unspecified atom stereocenters. The molecule has 0 bridgehead atoms. The summed E-state index contributed by atoms with van der Waals surface area (Å²) >= 11 is 0. The molecular weight excluding hydrogens is 222 g/mol. The quantitative estimate of drug-likeness (QED) is 0.865. The van der Waals surface area contributed by atoms with Crippen LogP contribution < -0.4 is 5.32 Å². The SMILES string of the molecule is Cc1cncc(CN2CCCC2CNC(C)C)c1. The van der Waals surface area contributed by atoms with E-state index in [1.54, 1.807) is 0 Å². The van der Waals surface area contributed by atoms with E-state index in [1.807, 2.05) is 12.4 Å². The number of rotatable bonds is 5. The third kappa shape index (κ3) is 3.79. The smallest absolute Gasteiger partial charge is 0.0313 e. The maximum Gasteiger partial charge on any atom is 0.0313 e. The van der Waals surface area contributed by atoms with Gasteiger partial charge in [0.1, 0.15) is 0 Å². The highest BCUT2D eigenvalue weighted by Crippen LogP contribution is 2.19. The van der Waals surface area contributed by atoms with E-state index in [-0.39, 0.29) is 0 Å². The summed E-state index contributed by atoms with van der Waals surface area (Å²) in [6.07, 6.45) is 6.56. The van der Waals surface area contributed by atoms with Crippen molar-refractivity contribution in [2.45, 2.75) is 52.2 Å². The number of hydrogen-bond donors (Lipinski definition) is 1. The minimum absolute atomic E-state index is 0.577. The van der Waals surface area contributed by atoms with Crippen molar-refractivity contribution < 1.29 is 0 Å². The van der Waals surface area contributed by atoms with Crippen LogP contribution in [0.1, 0.15) is 37.8 Å². The first-order valence-electron chi connectivity index (χ1n) is 7.03. The molecule has 0 saturated carbocycles. The monoisotopic (exact) mass is 247 g/mol. The molecule has 1 aromatic rings. The van der Waals surface area contributed by atoms with Crippen molar-refractivity contribution in [1.29, 1.82) is 0 Å². The Morgan fingerprint density at radius 1 is 1.44 bits per heavy atom. The standard InChI is InChI=1S/C15H25N3/c1-12(2)17-10-15-5-4-6-18(15)11-14-7-13(3)8-16-9-14/h7-9,12,15,17H,4-6,10-11H2,1-3H3. The first-order valence-corrected chi connectivity index (χ1v) is 7.03. The van der Waals surface area contributed by atoms with Crippen LogP contribution >= 0.6 is 0 Å². The molecule has 0 aliphatic carbocycles. The molecule has 1 aliphatic rings. The molecular formula is C15H25N3. The first-order chi connectivity index (χ1) is 8.65. The average molecular weight is 247 g/mol. The highest BCUT2D eigenvalue weighted by Gasteiger charge is 2.24. The zero-order chi connectivity index (χ0) is 13.0. The number of aromatic nitrogens is 1. The van der Waals surface area contributed by atoms with Crippen LogP contribution in [0.3, 0.4) is 0 Å². The van der Waals surface area contributed by atoms with Gasteiger partial charge in [0.2, 0.25) is 0 Å². The van der Waals surface area contributed by atoms with Gasteiger partial charge in [-0.25, -0.2) is 0 Å². The Morgan fingerprint density at radius 3 is 3.00 bits per heavy atom. The molecule has 0 spiro atoms. The number of hydrogen-bond acceptors (Lipinski definition) is 3. The summed E-state index contributed by atoms with van der Waals surface area (Å²) in [5.41, 5.74) is 2.59. The molecule has 1 aromatic heterocycles. The maximum atomic E-state index is 4.28. The number of aryl methyl sites for hydroxylation is 1. The number of nitrogens with one attached hydrogen (secondary N) is 1. The van der Waals surface area contributed by atoms with Crippen molar-refractivity contribution >= 4 is 0 Å². The molecule has 3 nitrogen and oxygen atoms in total. The minimum Gasteiger partial charge on any atom is -0.313 e. The molecule has 2 heterocycles. The Bertz CT molecular complexity index is 376. The molecule has 1 N–H and O–H groups in total. The number of pyridine rings is 1. The van der Waals surface area contributed by atoms with Gasteiger partial charge in [-0.05, 0) is 37.4 Å². The van der Waals surface area contributed by atoms with Crippen molar-refractivity contribution in [3.8, 4) is 0 Å². The van der Waals surface area contributed by atoms with Gasteiger partial charge in [-0.2, -0.15) is 0 Å². The summed E-state index contributed by atoms with van der Waals surface area (Å²) in [5.74, 6) is 0. The molecule has 0 radical (unpaired) electrons. The lowest BCUT2D eigenvalue weighted by atomic mass is 10.1. The molecule has 1 fully saturated rings. The highest BCUT2D eigenvalue weighted by molar-refractivity contribution is 5.16. The molecule has 1 atom stereocenters. The highest BCUT2D eigenvalue weighted by atomic mass is 15.2. The lowest BCUT2D eigenvalue weighted by Crippen LogP contribution is -2.39. The molecule has 1 aliphatic heterocycles. The van der Waals surface area contributed by atoms with Gasteiger partial charge < -0.3 is 5.32 Å². The summed E-state index contributed by atoms with van der Waals surface area (Å²) in [4.78, 5) is 6.87. The maximum absolute atomic E-state index is 4.28. The third-order valence-corrected chi connectivity index (χ3v) is 3.58. The zero-order valence-electron chi connectivity index (χ0n) is 11.8. The Kier molecular flexibility index (Phi) is 4.72. The Hall–Kier alpha value is -0.930. The first kappa shape index (κ1) is 13.5. The molecule has 2 rings (SSSR count). The van der Waals surface area contributed by atoms with E-state index in [9.17, 15) is 0 Å². The molecule has 100 valence electrons. The van der Waals surface area contributed by atoms with Crippen molar-refractivity contribution in [1.82, 2.24) is 15.2 Å². The van der Waals surface area contributed by atoms with Gasteiger partial charge in [0.05, 0.1) is 0 Å². The Morgan fingerprint density at radius 2 is 2.28 bits per heavy atom. The number of likely N-dealkylation sites (tertiary alicyclic amines) is 1. The fraction of sp³-hybridized carbons (Fsp3) is 0.667. The molecule has 1 saturated heterocycles. The van der Waals surface area contributed by atoms with E-state index < -0.39 is 0 Å².